The first-order valence-corrected chi connectivity index (χ1v) is 4.93. The first-order valence-electron chi connectivity index (χ1n) is 4.13. The van der Waals surface area contributed by atoms with Gasteiger partial charge in [-0.3, -0.25) is 0 Å². The molecule has 0 bridgehead atoms. The van der Waals surface area contributed by atoms with Crippen LogP contribution in [0.1, 0.15) is 18.0 Å². The Morgan fingerprint density at radius 2 is 2.38 bits per heavy atom. The Labute approximate surface area is 84.6 Å². The third-order valence-corrected chi connectivity index (χ3v) is 2.78. The molecule has 1 aliphatic heterocycles. The quantitative estimate of drug-likeness (QED) is 0.809. The van der Waals surface area contributed by atoms with E-state index in [-0.39, 0.29) is 0 Å². The third kappa shape index (κ3) is 1.81. The molecule has 2 heterocycles. The number of aromatic nitrogens is 2. The Kier molecular flexibility index (Phi) is 2.46. The number of hydrogen-bond acceptors (Lipinski definition) is 4. The Bertz CT molecular complexity index is 312. The number of ether oxygens (including phenoxy) is 1. The van der Waals surface area contributed by atoms with Crippen molar-refractivity contribution in [3.05, 3.63) is 16.2 Å². The highest BCUT2D eigenvalue weighted by Crippen LogP contribution is 2.26. The fourth-order valence-corrected chi connectivity index (χ4v) is 1.67. The third-order valence-electron chi connectivity index (χ3n) is 2.14. The van der Waals surface area contributed by atoms with E-state index >= 15 is 0 Å². The number of halogens is 1. The predicted molar refractivity (Wildman–Crippen MR) is 52.3 cm³/mol. The number of nitrogens with zero attached hydrogens (tertiary/aromatic N) is 2. The maximum absolute atomic E-state index is 5.54. The van der Waals surface area contributed by atoms with Crippen molar-refractivity contribution in [2.75, 3.05) is 18.9 Å². The van der Waals surface area contributed by atoms with Gasteiger partial charge < -0.3 is 10.5 Å². The van der Waals surface area contributed by atoms with Crippen molar-refractivity contribution >= 4 is 21.7 Å². The predicted octanol–water partition coefficient (Wildman–Crippen LogP) is 1.33. The lowest BCUT2D eigenvalue weighted by Gasteiger charge is -2.06. The molecule has 1 fully saturated rings. The lowest BCUT2D eigenvalue weighted by atomic mass is 10.1. The van der Waals surface area contributed by atoms with Gasteiger partial charge in [-0.1, -0.05) is 0 Å². The van der Waals surface area contributed by atoms with Gasteiger partial charge in [0, 0.05) is 12.5 Å². The molecule has 1 saturated heterocycles. The van der Waals surface area contributed by atoms with E-state index in [9.17, 15) is 0 Å². The molecule has 0 saturated carbocycles. The molecule has 2 N–H and O–H groups in total. The molecule has 0 radical (unpaired) electrons. The fraction of sp³-hybridized carbons (Fsp3) is 0.500. The maximum atomic E-state index is 5.54. The van der Waals surface area contributed by atoms with Gasteiger partial charge in [0.05, 0.1) is 16.8 Å². The molecule has 13 heavy (non-hydrogen) atoms. The van der Waals surface area contributed by atoms with E-state index in [0.717, 1.165) is 29.8 Å². The van der Waals surface area contributed by atoms with E-state index in [1.165, 1.54) is 0 Å². The summed E-state index contributed by atoms with van der Waals surface area (Å²) in [5.41, 5.74) is 6.49. The van der Waals surface area contributed by atoms with Gasteiger partial charge in [-0.2, -0.15) is 5.10 Å². The van der Waals surface area contributed by atoms with E-state index < -0.39 is 0 Å². The van der Waals surface area contributed by atoms with E-state index in [1.54, 1.807) is 0 Å². The molecule has 0 spiro atoms. The molecule has 70 valence electrons. The summed E-state index contributed by atoms with van der Waals surface area (Å²) in [7, 11) is 0. The lowest BCUT2D eigenvalue weighted by molar-refractivity contribution is 0.193. The normalized spacial score (nSPS) is 22.1. The molecule has 1 atom stereocenters. The average molecular weight is 244 g/mol. The van der Waals surface area contributed by atoms with Crippen molar-refractivity contribution in [1.29, 1.82) is 0 Å². The second kappa shape index (κ2) is 3.59. The standard InChI is InChI=1S/C8H10BrN3O/c9-6-3-7(11-12-8(6)10)5-1-2-13-4-5/h3,5H,1-2,4H2,(H2,10,12). The highest BCUT2D eigenvalue weighted by Gasteiger charge is 2.20. The molecule has 2 rings (SSSR count). The topological polar surface area (TPSA) is 61.0 Å². The van der Waals surface area contributed by atoms with Crippen molar-refractivity contribution in [3.63, 3.8) is 0 Å². The van der Waals surface area contributed by atoms with Crippen LogP contribution in [0.2, 0.25) is 0 Å². The smallest absolute Gasteiger partial charge is 0.160 e. The minimum atomic E-state index is 0.379. The van der Waals surface area contributed by atoms with Crippen LogP contribution in [0.5, 0.6) is 0 Å². The van der Waals surface area contributed by atoms with E-state index in [1.807, 2.05) is 6.07 Å². The van der Waals surface area contributed by atoms with Gasteiger partial charge in [-0.15, -0.1) is 5.10 Å². The zero-order chi connectivity index (χ0) is 9.26. The summed E-state index contributed by atoms with van der Waals surface area (Å²) in [5.74, 6) is 0.812. The molecule has 1 unspecified atom stereocenters. The monoisotopic (exact) mass is 243 g/mol. The van der Waals surface area contributed by atoms with Crippen molar-refractivity contribution in [2.24, 2.45) is 0 Å². The van der Waals surface area contributed by atoms with Crippen LogP contribution in [-0.4, -0.2) is 23.4 Å². The van der Waals surface area contributed by atoms with E-state index in [0.29, 0.717) is 11.7 Å². The highest BCUT2D eigenvalue weighted by atomic mass is 79.9. The van der Waals surface area contributed by atoms with E-state index in [2.05, 4.69) is 26.1 Å². The first kappa shape index (κ1) is 8.90. The molecule has 1 aliphatic rings. The van der Waals surface area contributed by atoms with Crippen molar-refractivity contribution < 1.29 is 4.74 Å². The lowest BCUT2D eigenvalue weighted by Crippen LogP contribution is -2.04. The summed E-state index contributed by atoms with van der Waals surface area (Å²) < 4.78 is 6.08. The van der Waals surface area contributed by atoms with Gasteiger partial charge in [0.1, 0.15) is 0 Å². The zero-order valence-electron chi connectivity index (χ0n) is 7.03. The highest BCUT2D eigenvalue weighted by molar-refractivity contribution is 9.10. The van der Waals surface area contributed by atoms with Crippen LogP contribution in [0.25, 0.3) is 0 Å². The minimum Gasteiger partial charge on any atom is -0.381 e. The Morgan fingerprint density at radius 3 is 3.00 bits per heavy atom. The van der Waals surface area contributed by atoms with Crippen LogP contribution in [0.15, 0.2) is 10.5 Å². The van der Waals surface area contributed by atoms with Crippen LogP contribution in [0, 0.1) is 0 Å². The zero-order valence-corrected chi connectivity index (χ0v) is 8.62. The van der Waals surface area contributed by atoms with Gasteiger partial charge in [-0.05, 0) is 28.4 Å². The van der Waals surface area contributed by atoms with Gasteiger partial charge >= 0.3 is 0 Å². The Morgan fingerprint density at radius 1 is 1.54 bits per heavy atom. The van der Waals surface area contributed by atoms with E-state index in [4.69, 9.17) is 10.5 Å². The SMILES string of the molecule is Nc1nnc(C2CCOC2)cc1Br. The number of hydrogen-bond donors (Lipinski definition) is 1. The molecule has 1 aromatic heterocycles. The summed E-state index contributed by atoms with van der Waals surface area (Å²) in [4.78, 5) is 0. The molecule has 5 heteroatoms. The van der Waals surface area contributed by atoms with Crippen molar-refractivity contribution in [2.45, 2.75) is 12.3 Å². The van der Waals surface area contributed by atoms with Crippen molar-refractivity contribution in [1.82, 2.24) is 10.2 Å². The summed E-state index contributed by atoms with van der Waals surface area (Å²) >= 11 is 3.32. The Hall–Kier alpha value is -0.680. The summed E-state index contributed by atoms with van der Waals surface area (Å²) in [6, 6.07) is 1.92. The number of rotatable bonds is 1. The molecular formula is C8H10BrN3O. The molecule has 0 amide bonds. The molecular weight excluding hydrogens is 234 g/mol. The molecule has 0 aromatic carbocycles. The van der Waals surface area contributed by atoms with Crippen LogP contribution in [-0.2, 0) is 4.74 Å². The second-order valence-electron chi connectivity index (χ2n) is 3.06. The van der Waals surface area contributed by atoms with Crippen LogP contribution >= 0.6 is 15.9 Å². The number of nitrogen functional groups attached to an aromatic ring is 1. The number of anilines is 1. The summed E-state index contributed by atoms with van der Waals surface area (Å²) in [6.45, 7) is 1.55. The molecule has 1 aromatic rings. The van der Waals surface area contributed by atoms with Gasteiger partial charge in [-0.25, -0.2) is 0 Å². The molecule has 0 aliphatic carbocycles. The van der Waals surface area contributed by atoms with Gasteiger partial charge in [0.25, 0.3) is 0 Å². The minimum absolute atomic E-state index is 0.379. The van der Waals surface area contributed by atoms with Gasteiger partial charge in [0.2, 0.25) is 0 Å². The van der Waals surface area contributed by atoms with Crippen LogP contribution in [0.3, 0.4) is 0 Å². The Balaban J connectivity index is 2.25. The second-order valence-corrected chi connectivity index (χ2v) is 3.92. The van der Waals surface area contributed by atoms with Crippen molar-refractivity contribution in [3.8, 4) is 0 Å². The number of nitrogens with two attached hydrogens (primary N) is 1. The fourth-order valence-electron chi connectivity index (χ4n) is 1.36. The largest absolute Gasteiger partial charge is 0.381 e. The average Bonchev–Trinajstić information content (AvgIpc) is 2.62. The van der Waals surface area contributed by atoms with Crippen LogP contribution in [0.4, 0.5) is 5.82 Å². The maximum Gasteiger partial charge on any atom is 0.160 e. The summed E-state index contributed by atoms with van der Waals surface area (Å²) in [6.07, 6.45) is 1.02. The first-order chi connectivity index (χ1) is 6.27. The molecule has 4 nitrogen and oxygen atoms in total. The summed E-state index contributed by atoms with van der Waals surface area (Å²) in [5, 5.41) is 7.88. The van der Waals surface area contributed by atoms with Crippen LogP contribution < -0.4 is 5.73 Å². The van der Waals surface area contributed by atoms with Gasteiger partial charge in [0.15, 0.2) is 5.82 Å².